The molecule has 1 aliphatic heterocycles. The SMILES string of the molecule is C[C@@H]1CCCC[C@@]12NC(=O)N(Cc1ccc(Br)cc1F)C2=O. The van der Waals surface area contributed by atoms with E-state index in [1.54, 1.807) is 12.1 Å². The molecular formula is C16H18BrFN2O2. The van der Waals surface area contributed by atoms with Crippen molar-refractivity contribution in [2.45, 2.75) is 44.7 Å². The molecule has 1 N–H and O–H groups in total. The molecule has 0 unspecified atom stereocenters. The molecule has 0 radical (unpaired) electrons. The highest BCUT2D eigenvalue weighted by Gasteiger charge is 2.54. The molecule has 3 amide bonds. The number of urea groups is 1. The zero-order valence-electron chi connectivity index (χ0n) is 12.4. The van der Waals surface area contributed by atoms with Crippen molar-refractivity contribution in [3.8, 4) is 0 Å². The molecule has 0 bridgehead atoms. The van der Waals surface area contributed by atoms with E-state index in [1.807, 2.05) is 6.92 Å². The van der Waals surface area contributed by atoms with Crippen molar-refractivity contribution >= 4 is 27.9 Å². The van der Waals surface area contributed by atoms with Crippen molar-refractivity contribution in [1.82, 2.24) is 10.2 Å². The van der Waals surface area contributed by atoms with Crippen molar-refractivity contribution in [3.63, 3.8) is 0 Å². The number of nitrogens with zero attached hydrogens (tertiary/aromatic N) is 1. The largest absolute Gasteiger partial charge is 0.325 e. The van der Waals surface area contributed by atoms with Crippen LogP contribution < -0.4 is 5.32 Å². The van der Waals surface area contributed by atoms with Crippen LogP contribution >= 0.6 is 15.9 Å². The Hall–Kier alpha value is -1.43. The Labute approximate surface area is 137 Å². The van der Waals surface area contributed by atoms with Crippen LogP contribution in [0.4, 0.5) is 9.18 Å². The van der Waals surface area contributed by atoms with Gasteiger partial charge < -0.3 is 5.32 Å². The quantitative estimate of drug-likeness (QED) is 0.810. The second-order valence-corrected chi connectivity index (χ2v) is 7.09. The molecule has 1 spiro atoms. The van der Waals surface area contributed by atoms with Gasteiger partial charge >= 0.3 is 6.03 Å². The first-order valence-corrected chi connectivity index (χ1v) is 8.31. The summed E-state index contributed by atoms with van der Waals surface area (Å²) in [6, 6.07) is 4.22. The lowest BCUT2D eigenvalue weighted by Gasteiger charge is -2.36. The second-order valence-electron chi connectivity index (χ2n) is 6.18. The Morgan fingerprint density at radius 1 is 1.41 bits per heavy atom. The molecule has 1 aliphatic carbocycles. The van der Waals surface area contributed by atoms with Crippen LogP contribution in [0.1, 0.15) is 38.2 Å². The molecule has 1 saturated carbocycles. The first-order valence-electron chi connectivity index (χ1n) is 7.52. The number of amides is 3. The lowest BCUT2D eigenvalue weighted by atomic mass is 9.73. The maximum Gasteiger partial charge on any atom is 0.325 e. The van der Waals surface area contributed by atoms with E-state index >= 15 is 0 Å². The molecular weight excluding hydrogens is 351 g/mol. The van der Waals surface area contributed by atoms with E-state index in [4.69, 9.17) is 0 Å². The van der Waals surface area contributed by atoms with Crippen LogP contribution in [0.5, 0.6) is 0 Å². The predicted octanol–water partition coefficient (Wildman–Crippen LogP) is 3.59. The Balaban J connectivity index is 1.86. The van der Waals surface area contributed by atoms with E-state index in [9.17, 15) is 14.0 Å². The van der Waals surface area contributed by atoms with E-state index in [2.05, 4.69) is 21.2 Å². The minimum atomic E-state index is -0.791. The van der Waals surface area contributed by atoms with Crippen molar-refractivity contribution in [1.29, 1.82) is 0 Å². The lowest BCUT2D eigenvalue weighted by molar-refractivity contribution is -0.134. The Morgan fingerprint density at radius 3 is 2.86 bits per heavy atom. The fourth-order valence-corrected chi connectivity index (χ4v) is 3.79. The van der Waals surface area contributed by atoms with Gasteiger partial charge in [0.15, 0.2) is 0 Å². The highest BCUT2D eigenvalue weighted by atomic mass is 79.9. The average molecular weight is 369 g/mol. The van der Waals surface area contributed by atoms with Gasteiger partial charge in [0.1, 0.15) is 11.4 Å². The molecule has 1 aromatic carbocycles. The molecule has 1 heterocycles. The zero-order chi connectivity index (χ0) is 15.9. The molecule has 2 fully saturated rings. The summed E-state index contributed by atoms with van der Waals surface area (Å²) in [5.41, 5.74) is -0.450. The van der Waals surface area contributed by atoms with Crippen molar-refractivity contribution < 1.29 is 14.0 Å². The molecule has 22 heavy (non-hydrogen) atoms. The standard InChI is InChI=1S/C16H18BrFN2O2/c1-10-4-2-3-7-16(10)14(21)20(15(22)19-16)9-11-5-6-12(17)8-13(11)18/h5-6,8,10H,2-4,7,9H2,1H3,(H,19,22)/t10-,16-/m1/s1. The van der Waals surface area contributed by atoms with Crippen LogP contribution in [0, 0.1) is 11.7 Å². The summed E-state index contributed by atoms with van der Waals surface area (Å²) in [4.78, 5) is 26.2. The highest BCUT2D eigenvalue weighted by Crippen LogP contribution is 2.38. The summed E-state index contributed by atoms with van der Waals surface area (Å²) >= 11 is 3.20. The Morgan fingerprint density at radius 2 is 2.18 bits per heavy atom. The van der Waals surface area contributed by atoms with E-state index in [1.165, 1.54) is 6.07 Å². The second kappa shape index (κ2) is 5.65. The number of rotatable bonds is 2. The van der Waals surface area contributed by atoms with Gasteiger partial charge in [-0.25, -0.2) is 9.18 Å². The third kappa shape index (κ3) is 2.43. The first kappa shape index (κ1) is 15.5. The molecule has 2 aliphatic rings. The van der Waals surface area contributed by atoms with Crippen LogP contribution in [0.2, 0.25) is 0 Å². The fourth-order valence-electron chi connectivity index (χ4n) is 3.46. The fraction of sp³-hybridized carbons (Fsp3) is 0.500. The third-order valence-corrected chi connectivity index (χ3v) is 5.34. The summed E-state index contributed by atoms with van der Waals surface area (Å²) in [6.07, 6.45) is 3.59. The number of hydrogen-bond donors (Lipinski definition) is 1. The van der Waals surface area contributed by atoms with E-state index in [0.29, 0.717) is 16.5 Å². The van der Waals surface area contributed by atoms with Gasteiger partial charge in [0.05, 0.1) is 6.54 Å². The molecule has 0 aromatic heterocycles. The van der Waals surface area contributed by atoms with E-state index in [-0.39, 0.29) is 18.4 Å². The third-order valence-electron chi connectivity index (χ3n) is 4.85. The Bertz CT molecular complexity index is 637. The van der Waals surface area contributed by atoms with E-state index in [0.717, 1.165) is 24.2 Å². The van der Waals surface area contributed by atoms with Gasteiger partial charge in [0.25, 0.3) is 5.91 Å². The number of carbonyl (C=O) groups excluding carboxylic acids is 2. The number of hydrogen-bond acceptors (Lipinski definition) is 2. The lowest BCUT2D eigenvalue weighted by Crippen LogP contribution is -2.53. The number of nitrogens with one attached hydrogen (secondary N) is 1. The van der Waals surface area contributed by atoms with Crippen LogP contribution in [0.15, 0.2) is 22.7 Å². The van der Waals surface area contributed by atoms with Crippen molar-refractivity contribution in [2.24, 2.45) is 5.92 Å². The zero-order valence-corrected chi connectivity index (χ0v) is 14.0. The first-order chi connectivity index (χ1) is 10.4. The summed E-state index contributed by atoms with van der Waals surface area (Å²) in [5, 5.41) is 2.88. The number of imide groups is 1. The van der Waals surface area contributed by atoms with Crippen LogP contribution in [0.3, 0.4) is 0 Å². The summed E-state index contributed by atoms with van der Waals surface area (Å²) in [5.74, 6) is -0.530. The number of benzene rings is 1. The van der Waals surface area contributed by atoms with Crippen LogP contribution in [-0.2, 0) is 11.3 Å². The highest BCUT2D eigenvalue weighted by molar-refractivity contribution is 9.10. The van der Waals surface area contributed by atoms with Crippen molar-refractivity contribution in [2.75, 3.05) is 0 Å². The average Bonchev–Trinajstić information content (AvgIpc) is 2.70. The monoisotopic (exact) mass is 368 g/mol. The maximum absolute atomic E-state index is 14.0. The predicted molar refractivity (Wildman–Crippen MR) is 83.5 cm³/mol. The van der Waals surface area contributed by atoms with Crippen LogP contribution in [-0.4, -0.2) is 22.4 Å². The van der Waals surface area contributed by atoms with Gasteiger partial charge in [-0.3, -0.25) is 9.69 Å². The van der Waals surface area contributed by atoms with Gasteiger partial charge in [-0.05, 0) is 30.9 Å². The Kier molecular flexibility index (Phi) is 3.97. The summed E-state index contributed by atoms with van der Waals surface area (Å²) in [7, 11) is 0. The summed E-state index contributed by atoms with van der Waals surface area (Å²) in [6.45, 7) is 1.97. The molecule has 1 aromatic rings. The number of halogens is 2. The number of carbonyl (C=O) groups is 2. The minimum Gasteiger partial charge on any atom is -0.323 e. The van der Waals surface area contributed by atoms with Gasteiger partial charge in [0.2, 0.25) is 0 Å². The van der Waals surface area contributed by atoms with Gasteiger partial charge in [-0.15, -0.1) is 0 Å². The van der Waals surface area contributed by atoms with Gasteiger partial charge in [-0.1, -0.05) is 41.8 Å². The summed E-state index contributed by atoms with van der Waals surface area (Å²) < 4.78 is 14.6. The molecule has 2 atom stereocenters. The normalized spacial score (nSPS) is 28.3. The molecule has 1 saturated heterocycles. The van der Waals surface area contributed by atoms with Crippen molar-refractivity contribution in [3.05, 3.63) is 34.1 Å². The molecule has 3 rings (SSSR count). The van der Waals surface area contributed by atoms with Gasteiger partial charge in [0, 0.05) is 10.0 Å². The van der Waals surface area contributed by atoms with Crippen LogP contribution in [0.25, 0.3) is 0 Å². The molecule has 4 nitrogen and oxygen atoms in total. The topological polar surface area (TPSA) is 49.4 Å². The molecule has 118 valence electrons. The minimum absolute atomic E-state index is 0.0295. The molecule has 6 heteroatoms. The van der Waals surface area contributed by atoms with E-state index < -0.39 is 17.4 Å². The smallest absolute Gasteiger partial charge is 0.323 e. The van der Waals surface area contributed by atoms with Gasteiger partial charge in [-0.2, -0.15) is 0 Å². The maximum atomic E-state index is 14.0.